The van der Waals surface area contributed by atoms with E-state index in [2.05, 4.69) is 27.7 Å². The maximum Gasteiger partial charge on any atom is 0.0568 e. The van der Waals surface area contributed by atoms with Crippen molar-refractivity contribution < 1.29 is 5.11 Å². The van der Waals surface area contributed by atoms with Gasteiger partial charge < -0.3 is 5.11 Å². The third-order valence-electron chi connectivity index (χ3n) is 7.94. The number of hydrogen-bond donors (Lipinski definition) is 1. The summed E-state index contributed by atoms with van der Waals surface area (Å²) in [7, 11) is 0. The average Bonchev–Trinajstić information content (AvgIpc) is 2.72. The molecule has 0 heterocycles. The number of aliphatic hydroxyl groups is 1. The summed E-state index contributed by atoms with van der Waals surface area (Å²) < 4.78 is 0. The number of fused-ring (bicyclic) bond motifs is 2. The van der Waals surface area contributed by atoms with Gasteiger partial charge in [-0.15, -0.1) is 0 Å². The summed E-state index contributed by atoms with van der Waals surface area (Å²) in [5.74, 6) is 3.37. The Morgan fingerprint density at radius 2 is 1.79 bits per heavy atom. The number of aliphatic hydroxyl groups excluding tert-OH is 1. The van der Waals surface area contributed by atoms with E-state index in [0.717, 1.165) is 30.6 Å². The van der Waals surface area contributed by atoms with Crippen molar-refractivity contribution >= 4 is 0 Å². The molecule has 3 fully saturated rings. The van der Waals surface area contributed by atoms with Gasteiger partial charge in [0.25, 0.3) is 0 Å². The van der Waals surface area contributed by atoms with Gasteiger partial charge in [0.05, 0.1) is 6.10 Å². The van der Waals surface area contributed by atoms with Gasteiger partial charge in [-0.2, -0.15) is 0 Å². The summed E-state index contributed by atoms with van der Waals surface area (Å²) in [6.07, 6.45) is 9.16. The maximum absolute atomic E-state index is 10.1. The molecular formula is C18H32O. The van der Waals surface area contributed by atoms with Crippen LogP contribution in [0, 0.1) is 34.5 Å². The smallest absolute Gasteiger partial charge is 0.0568 e. The fourth-order valence-electron chi connectivity index (χ4n) is 6.07. The van der Waals surface area contributed by atoms with Crippen LogP contribution in [0.2, 0.25) is 0 Å². The Morgan fingerprint density at radius 3 is 2.32 bits per heavy atom. The molecule has 0 aromatic carbocycles. The minimum Gasteiger partial charge on any atom is -0.393 e. The van der Waals surface area contributed by atoms with Crippen LogP contribution < -0.4 is 0 Å². The average molecular weight is 264 g/mol. The highest BCUT2D eigenvalue weighted by Gasteiger charge is 2.62. The Balaban J connectivity index is 1.78. The fraction of sp³-hybridized carbons (Fsp3) is 1.00. The van der Waals surface area contributed by atoms with Crippen LogP contribution in [-0.4, -0.2) is 11.2 Å². The molecule has 0 spiro atoms. The third-order valence-corrected chi connectivity index (χ3v) is 7.94. The van der Waals surface area contributed by atoms with E-state index in [9.17, 15) is 5.11 Å². The van der Waals surface area contributed by atoms with Crippen LogP contribution in [0.25, 0.3) is 0 Å². The van der Waals surface area contributed by atoms with Crippen LogP contribution in [0.15, 0.2) is 0 Å². The molecule has 3 saturated carbocycles. The van der Waals surface area contributed by atoms with Crippen LogP contribution in [0.1, 0.15) is 72.6 Å². The first-order chi connectivity index (χ1) is 8.90. The molecule has 110 valence electrons. The normalized spacial score (nSPS) is 52.6. The Bertz CT molecular complexity index is 348. The minimum absolute atomic E-state index is 0.0133. The summed E-state index contributed by atoms with van der Waals surface area (Å²) >= 11 is 0. The highest BCUT2D eigenvalue weighted by molar-refractivity contribution is 5.11. The van der Waals surface area contributed by atoms with Gasteiger partial charge in [-0.3, -0.25) is 0 Å². The van der Waals surface area contributed by atoms with E-state index in [1.165, 1.54) is 32.1 Å². The summed E-state index contributed by atoms with van der Waals surface area (Å²) in [6, 6.07) is 0. The lowest BCUT2D eigenvalue weighted by atomic mass is 9.60. The topological polar surface area (TPSA) is 20.2 Å². The van der Waals surface area contributed by atoms with Crippen molar-refractivity contribution in [2.75, 3.05) is 0 Å². The molecule has 1 nitrogen and oxygen atoms in total. The molecule has 0 amide bonds. The van der Waals surface area contributed by atoms with Crippen LogP contribution in [-0.2, 0) is 0 Å². The van der Waals surface area contributed by atoms with Crippen molar-refractivity contribution in [1.29, 1.82) is 0 Å². The van der Waals surface area contributed by atoms with Crippen LogP contribution in [0.4, 0.5) is 0 Å². The lowest BCUT2D eigenvalue weighted by molar-refractivity contribution is -0.00565. The summed E-state index contributed by atoms with van der Waals surface area (Å²) in [5, 5.41) is 10.1. The van der Waals surface area contributed by atoms with Crippen molar-refractivity contribution in [3.63, 3.8) is 0 Å². The van der Waals surface area contributed by atoms with Crippen molar-refractivity contribution in [1.82, 2.24) is 0 Å². The second-order valence-electron chi connectivity index (χ2n) is 8.53. The maximum atomic E-state index is 10.1. The molecule has 6 atom stereocenters. The van der Waals surface area contributed by atoms with Gasteiger partial charge in [0, 0.05) is 0 Å². The zero-order valence-corrected chi connectivity index (χ0v) is 13.3. The molecule has 0 saturated heterocycles. The van der Waals surface area contributed by atoms with Gasteiger partial charge in [-0.05, 0) is 73.0 Å². The summed E-state index contributed by atoms with van der Waals surface area (Å²) in [6.45, 7) is 9.89. The zero-order valence-electron chi connectivity index (χ0n) is 13.3. The molecule has 0 aromatic heterocycles. The Morgan fingerprint density at radius 1 is 1.05 bits per heavy atom. The Hall–Kier alpha value is -0.0400. The Labute approximate surface area is 119 Å². The van der Waals surface area contributed by atoms with Gasteiger partial charge in [-0.1, -0.05) is 34.1 Å². The van der Waals surface area contributed by atoms with Crippen LogP contribution in [0.5, 0.6) is 0 Å². The predicted molar refractivity (Wildman–Crippen MR) is 79.8 cm³/mol. The highest BCUT2D eigenvalue weighted by atomic mass is 16.3. The standard InChI is InChI=1S/C18H32O/c1-5-12-10-13(6-7-16(12)19)15-11-14-8-9-18(15,4)17(14,2)3/h12-16,19H,5-11H2,1-4H3/t12?,13?,14-,15+,16?,18+/m1/s1. The van der Waals surface area contributed by atoms with E-state index in [1.807, 2.05) is 0 Å². The molecule has 3 rings (SSSR count). The zero-order chi connectivity index (χ0) is 13.8. The fourth-order valence-corrected chi connectivity index (χ4v) is 6.07. The van der Waals surface area contributed by atoms with E-state index >= 15 is 0 Å². The molecule has 1 N–H and O–H groups in total. The van der Waals surface area contributed by atoms with Gasteiger partial charge in [-0.25, -0.2) is 0 Å². The number of rotatable bonds is 2. The molecule has 0 aliphatic heterocycles. The van der Waals surface area contributed by atoms with Crippen molar-refractivity contribution in [2.24, 2.45) is 34.5 Å². The SMILES string of the molecule is CCC1CC([C@@H]2C[C@H]3CC[C@]2(C)C3(C)C)CCC1O. The van der Waals surface area contributed by atoms with E-state index < -0.39 is 0 Å². The van der Waals surface area contributed by atoms with Crippen molar-refractivity contribution in [2.45, 2.75) is 78.7 Å². The quantitative estimate of drug-likeness (QED) is 0.770. The van der Waals surface area contributed by atoms with Gasteiger partial charge in [0.15, 0.2) is 0 Å². The Kier molecular flexibility index (Phi) is 3.28. The van der Waals surface area contributed by atoms with E-state index in [0.29, 0.717) is 16.7 Å². The monoisotopic (exact) mass is 264 g/mol. The first kappa shape index (κ1) is 13.9. The van der Waals surface area contributed by atoms with Crippen LogP contribution in [0.3, 0.4) is 0 Å². The first-order valence-electron chi connectivity index (χ1n) is 8.58. The van der Waals surface area contributed by atoms with Gasteiger partial charge in [0.1, 0.15) is 0 Å². The molecular weight excluding hydrogens is 232 g/mol. The van der Waals surface area contributed by atoms with Gasteiger partial charge in [0.2, 0.25) is 0 Å². The molecule has 0 aromatic rings. The highest BCUT2D eigenvalue weighted by Crippen LogP contribution is 2.70. The lowest BCUT2D eigenvalue weighted by Gasteiger charge is -2.46. The lowest BCUT2D eigenvalue weighted by Crippen LogP contribution is -2.39. The largest absolute Gasteiger partial charge is 0.393 e. The van der Waals surface area contributed by atoms with Gasteiger partial charge >= 0.3 is 0 Å². The predicted octanol–water partition coefficient (Wildman–Crippen LogP) is 4.64. The van der Waals surface area contributed by atoms with Crippen molar-refractivity contribution in [3.8, 4) is 0 Å². The molecule has 3 aliphatic carbocycles. The molecule has 0 radical (unpaired) electrons. The number of hydrogen-bond acceptors (Lipinski definition) is 1. The van der Waals surface area contributed by atoms with Crippen molar-refractivity contribution in [3.05, 3.63) is 0 Å². The van der Waals surface area contributed by atoms with E-state index in [1.54, 1.807) is 0 Å². The van der Waals surface area contributed by atoms with E-state index in [-0.39, 0.29) is 6.10 Å². The minimum atomic E-state index is -0.0133. The molecule has 2 bridgehead atoms. The van der Waals surface area contributed by atoms with E-state index in [4.69, 9.17) is 0 Å². The molecule has 3 aliphatic rings. The summed E-state index contributed by atoms with van der Waals surface area (Å²) in [5.41, 5.74) is 1.12. The molecule has 19 heavy (non-hydrogen) atoms. The second kappa shape index (κ2) is 4.48. The first-order valence-corrected chi connectivity index (χ1v) is 8.58. The third kappa shape index (κ3) is 1.83. The summed E-state index contributed by atoms with van der Waals surface area (Å²) in [4.78, 5) is 0. The molecule has 3 unspecified atom stereocenters. The molecule has 1 heteroatoms. The second-order valence-corrected chi connectivity index (χ2v) is 8.53. The van der Waals surface area contributed by atoms with Crippen LogP contribution >= 0.6 is 0 Å².